The topological polar surface area (TPSA) is 49.9 Å². The van der Waals surface area contributed by atoms with E-state index in [0.717, 1.165) is 11.3 Å². The molecule has 2 aromatic carbocycles. The molecule has 1 fully saturated rings. The van der Waals surface area contributed by atoms with E-state index in [0.29, 0.717) is 26.2 Å². The van der Waals surface area contributed by atoms with E-state index in [4.69, 9.17) is 4.74 Å². The molecule has 1 heterocycles. The maximum absolute atomic E-state index is 12.8. The Morgan fingerprint density at radius 3 is 2.33 bits per heavy atom. The molecular weight excluding hydrogens is 304 g/mol. The second-order valence-corrected chi connectivity index (χ2v) is 5.65. The Bertz CT molecular complexity index is 688. The second-order valence-electron chi connectivity index (χ2n) is 5.65. The molecule has 1 saturated heterocycles. The third-order valence-electron chi connectivity index (χ3n) is 3.99. The number of cyclic esters (lactones) is 1. The smallest absolute Gasteiger partial charge is 0.409 e. The largest absolute Gasteiger partial charge is 0.448 e. The minimum atomic E-state index is -0.336. The summed E-state index contributed by atoms with van der Waals surface area (Å²) in [5, 5.41) is 0. The summed E-state index contributed by atoms with van der Waals surface area (Å²) in [7, 11) is 0. The Labute approximate surface area is 141 Å². The average molecular weight is 324 g/mol. The van der Waals surface area contributed by atoms with Crippen LogP contribution in [0.5, 0.6) is 0 Å². The summed E-state index contributed by atoms with van der Waals surface area (Å²) in [6, 6.07) is 19.5. The lowest BCUT2D eigenvalue weighted by atomic mass is 10.2. The van der Waals surface area contributed by atoms with Gasteiger partial charge in [-0.05, 0) is 17.7 Å². The zero-order valence-corrected chi connectivity index (χ0v) is 13.4. The monoisotopic (exact) mass is 324 g/mol. The van der Waals surface area contributed by atoms with Crippen LogP contribution in [0, 0.1) is 0 Å². The highest BCUT2D eigenvalue weighted by atomic mass is 16.6. The number of ether oxygens (including phenoxy) is 1. The predicted molar refractivity (Wildman–Crippen MR) is 91.6 cm³/mol. The molecule has 0 N–H and O–H groups in total. The molecule has 0 aromatic heterocycles. The van der Waals surface area contributed by atoms with Crippen LogP contribution in [0.25, 0.3) is 0 Å². The summed E-state index contributed by atoms with van der Waals surface area (Å²) in [6.45, 7) is 1.85. The molecule has 3 rings (SSSR count). The van der Waals surface area contributed by atoms with Crippen molar-refractivity contribution in [1.29, 1.82) is 0 Å². The summed E-state index contributed by atoms with van der Waals surface area (Å²) in [4.78, 5) is 27.6. The molecule has 0 unspecified atom stereocenters. The normalized spacial score (nSPS) is 13.7. The van der Waals surface area contributed by atoms with Crippen molar-refractivity contribution in [3.05, 3.63) is 66.2 Å². The first kappa shape index (κ1) is 16.1. The molecule has 1 aliphatic rings. The van der Waals surface area contributed by atoms with Gasteiger partial charge in [-0.2, -0.15) is 0 Å². The molecule has 1 aliphatic heterocycles. The molecule has 2 aromatic rings. The molecular formula is C19H20N2O3. The molecule has 0 saturated carbocycles. The van der Waals surface area contributed by atoms with E-state index in [1.54, 1.807) is 9.80 Å². The zero-order valence-electron chi connectivity index (χ0n) is 13.4. The van der Waals surface area contributed by atoms with Gasteiger partial charge >= 0.3 is 6.09 Å². The SMILES string of the molecule is O=C1OCCN1CCC(=O)N(Cc1ccccc1)c1ccccc1. The van der Waals surface area contributed by atoms with E-state index in [9.17, 15) is 9.59 Å². The molecule has 124 valence electrons. The quantitative estimate of drug-likeness (QED) is 0.820. The van der Waals surface area contributed by atoms with Crippen LogP contribution in [0.1, 0.15) is 12.0 Å². The lowest BCUT2D eigenvalue weighted by Crippen LogP contribution is -2.34. The molecule has 0 aliphatic carbocycles. The lowest BCUT2D eigenvalue weighted by Gasteiger charge is -2.24. The van der Waals surface area contributed by atoms with Crippen molar-refractivity contribution in [1.82, 2.24) is 4.90 Å². The molecule has 0 radical (unpaired) electrons. The Hall–Kier alpha value is -2.82. The van der Waals surface area contributed by atoms with Crippen molar-refractivity contribution >= 4 is 17.7 Å². The zero-order chi connectivity index (χ0) is 16.8. The Morgan fingerprint density at radius 1 is 1.04 bits per heavy atom. The van der Waals surface area contributed by atoms with Crippen molar-refractivity contribution in [3.63, 3.8) is 0 Å². The first-order valence-electron chi connectivity index (χ1n) is 8.05. The van der Waals surface area contributed by atoms with E-state index in [1.165, 1.54) is 0 Å². The predicted octanol–water partition coefficient (Wildman–Crippen LogP) is 3.06. The fourth-order valence-corrected chi connectivity index (χ4v) is 2.69. The molecule has 0 spiro atoms. The van der Waals surface area contributed by atoms with Crippen molar-refractivity contribution in [3.8, 4) is 0 Å². The van der Waals surface area contributed by atoms with E-state index in [1.807, 2.05) is 60.7 Å². The summed E-state index contributed by atoms with van der Waals surface area (Å²) in [5.41, 5.74) is 1.92. The third kappa shape index (κ3) is 3.93. The van der Waals surface area contributed by atoms with Gasteiger partial charge in [0.25, 0.3) is 0 Å². The number of carbonyl (C=O) groups excluding carboxylic acids is 2. The third-order valence-corrected chi connectivity index (χ3v) is 3.99. The van der Waals surface area contributed by atoms with E-state index >= 15 is 0 Å². The van der Waals surface area contributed by atoms with Gasteiger partial charge in [0.15, 0.2) is 0 Å². The molecule has 0 bridgehead atoms. The van der Waals surface area contributed by atoms with Gasteiger partial charge in [0.05, 0.1) is 13.1 Å². The minimum absolute atomic E-state index is 0.00949. The average Bonchev–Trinajstić information content (AvgIpc) is 3.04. The summed E-state index contributed by atoms with van der Waals surface area (Å²) in [5.74, 6) is -0.00949. The van der Waals surface area contributed by atoms with Gasteiger partial charge in [-0.25, -0.2) is 4.79 Å². The number of hydrogen-bond acceptors (Lipinski definition) is 3. The van der Waals surface area contributed by atoms with E-state index in [2.05, 4.69) is 0 Å². The number of carbonyl (C=O) groups is 2. The van der Waals surface area contributed by atoms with Gasteiger partial charge in [0.2, 0.25) is 5.91 Å². The molecule has 0 atom stereocenters. The minimum Gasteiger partial charge on any atom is -0.448 e. The van der Waals surface area contributed by atoms with Gasteiger partial charge in [-0.15, -0.1) is 0 Å². The molecule has 2 amide bonds. The number of benzene rings is 2. The van der Waals surface area contributed by atoms with Crippen LogP contribution in [0.3, 0.4) is 0 Å². The highest BCUT2D eigenvalue weighted by Gasteiger charge is 2.24. The van der Waals surface area contributed by atoms with Crippen molar-refractivity contribution < 1.29 is 14.3 Å². The van der Waals surface area contributed by atoms with Gasteiger partial charge in [-0.3, -0.25) is 4.79 Å². The van der Waals surface area contributed by atoms with Crippen LogP contribution in [0.4, 0.5) is 10.5 Å². The highest BCUT2D eigenvalue weighted by molar-refractivity contribution is 5.93. The van der Waals surface area contributed by atoms with Crippen molar-refractivity contribution in [2.45, 2.75) is 13.0 Å². The summed E-state index contributed by atoms with van der Waals surface area (Å²) in [6.07, 6.45) is -0.0614. The number of anilines is 1. The number of amides is 2. The first-order valence-corrected chi connectivity index (χ1v) is 8.05. The van der Waals surface area contributed by atoms with Crippen LogP contribution in [0.2, 0.25) is 0 Å². The summed E-state index contributed by atoms with van der Waals surface area (Å²) >= 11 is 0. The second kappa shape index (κ2) is 7.64. The fourth-order valence-electron chi connectivity index (χ4n) is 2.69. The summed E-state index contributed by atoms with van der Waals surface area (Å²) < 4.78 is 4.90. The maximum atomic E-state index is 12.8. The van der Waals surface area contributed by atoms with Gasteiger partial charge < -0.3 is 14.5 Å². The van der Waals surface area contributed by atoms with Crippen LogP contribution < -0.4 is 4.90 Å². The Morgan fingerprint density at radius 2 is 1.71 bits per heavy atom. The van der Waals surface area contributed by atoms with Crippen LogP contribution >= 0.6 is 0 Å². The Kier molecular flexibility index (Phi) is 5.11. The standard InChI is InChI=1S/C19H20N2O3/c22-18(11-12-20-13-14-24-19(20)23)21(17-9-5-2-6-10-17)15-16-7-3-1-4-8-16/h1-10H,11-15H2. The van der Waals surface area contributed by atoms with Crippen LogP contribution in [-0.2, 0) is 16.1 Å². The maximum Gasteiger partial charge on any atom is 0.409 e. The van der Waals surface area contributed by atoms with Gasteiger partial charge in [-0.1, -0.05) is 48.5 Å². The van der Waals surface area contributed by atoms with Gasteiger partial charge in [0, 0.05) is 18.7 Å². The lowest BCUT2D eigenvalue weighted by molar-refractivity contribution is -0.118. The van der Waals surface area contributed by atoms with Crippen molar-refractivity contribution in [2.75, 3.05) is 24.6 Å². The molecule has 5 nitrogen and oxygen atoms in total. The van der Waals surface area contributed by atoms with E-state index in [-0.39, 0.29) is 18.4 Å². The van der Waals surface area contributed by atoms with Gasteiger partial charge in [0.1, 0.15) is 6.61 Å². The number of rotatable bonds is 6. The number of para-hydroxylation sites is 1. The number of nitrogens with zero attached hydrogens (tertiary/aromatic N) is 2. The van der Waals surface area contributed by atoms with Crippen LogP contribution in [-0.4, -0.2) is 36.6 Å². The first-order chi connectivity index (χ1) is 11.7. The highest BCUT2D eigenvalue weighted by Crippen LogP contribution is 2.18. The molecule has 24 heavy (non-hydrogen) atoms. The van der Waals surface area contributed by atoms with Crippen LogP contribution in [0.15, 0.2) is 60.7 Å². The van der Waals surface area contributed by atoms with Crippen molar-refractivity contribution in [2.24, 2.45) is 0 Å². The van der Waals surface area contributed by atoms with E-state index < -0.39 is 0 Å². The fraction of sp³-hybridized carbons (Fsp3) is 0.263. The molecule has 5 heteroatoms. The number of hydrogen-bond donors (Lipinski definition) is 0. The Balaban J connectivity index is 1.71.